The van der Waals surface area contributed by atoms with Gasteiger partial charge in [0.15, 0.2) is 0 Å². The van der Waals surface area contributed by atoms with Crippen molar-refractivity contribution in [1.82, 2.24) is 4.98 Å². The maximum atomic E-state index is 12.2. The molecule has 0 aromatic carbocycles. The Morgan fingerprint density at radius 2 is 2.07 bits per heavy atom. The van der Waals surface area contributed by atoms with Crippen LogP contribution in [0.25, 0.3) is 0 Å². The van der Waals surface area contributed by atoms with E-state index in [1.54, 1.807) is 0 Å². The van der Waals surface area contributed by atoms with Crippen LogP contribution in [0.5, 0.6) is 0 Å². The van der Waals surface area contributed by atoms with Crippen molar-refractivity contribution in [2.75, 3.05) is 0 Å². The number of nitrogens with zero attached hydrogens (tertiary/aromatic N) is 1. The molecule has 78 valence electrons. The zero-order valence-corrected chi connectivity index (χ0v) is 8.99. The van der Waals surface area contributed by atoms with E-state index in [1.165, 1.54) is 6.07 Å². The lowest BCUT2D eigenvalue weighted by Crippen LogP contribution is -2.28. The maximum Gasteiger partial charge on any atom is 0.407 e. The van der Waals surface area contributed by atoms with Gasteiger partial charge < -0.3 is 5.73 Å². The number of hydrogen-bond donors (Lipinski definition) is 1. The van der Waals surface area contributed by atoms with Gasteiger partial charge in [-0.25, -0.2) is 4.98 Å². The highest BCUT2D eigenvalue weighted by Gasteiger charge is 2.38. The summed E-state index contributed by atoms with van der Waals surface area (Å²) < 4.78 is 36.8. The first-order chi connectivity index (χ1) is 6.32. The molecule has 0 unspecified atom stereocenters. The van der Waals surface area contributed by atoms with Crippen LogP contribution in [0.1, 0.15) is 11.6 Å². The Labute approximate surface area is 91.4 Å². The van der Waals surface area contributed by atoms with Crippen molar-refractivity contribution in [3.05, 3.63) is 27.5 Å². The molecule has 0 aliphatic rings. The fourth-order valence-corrected chi connectivity index (χ4v) is 1.27. The van der Waals surface area contributed by atoms with Gasteiger partial charge in [0, 0.05) is 6.20 Å². The van der Waals surface area contributed by atoms with Gasteiger partial charge in [0.1, 0.15) is 11.2 Å². The third kappa shape index (κ3) is 2.59. The molecule has 1 heterocycles. The third-order valence-corrected chi connectivity index (χ3v) is 2.66. The molecule has 2 N–H and O–H groups in total. The van der Waals surface area contributed by atoms with Crippen molar-refractivity contribution in [3.63, 3.8) is 0 Å². The van der Waals surface area contributed by atoms with E-state index < -0.39 is 12.2 Å². The van der Waals surface area contributed by atoms with E-state index in [2.05, 4.69) is 20.9 Å². The molecule has 2 nitrogen and oxygen atoms in total. The summed E-state index contributed by atoms with van der Waals surface area (Å²) in [5.74, 6) is 0. The SMILES string of the molecule is N[C@H](c1cnc(Cl)c(Br)c1)C(F)(F)F. The Kier molecular flexibility index (Phi) is 3.39. The van der Waals surface area contributed by atoms with Crippen molar-refractivity contribution in [1.29, 1.82) is 0 Å². The molecule has 0 bridgehead atoms. The average Bonchev–Trinajstić information content (AvgIpc) is 2.07. The Balaban J connectivity index is 3.03. The second-order valence-electron chi connectivity index (χ2n) is 2.56. The molecule has 0 aliphatic heterocycles. The van der Waals surface area contributed by atoms with Crippen LogP contribution in [-0.4, -0.2) is 11.2 Å². The number of rotatable bonds is 1. The summed E-state index contributed by atoms with van der Waals surface area (Å²) in [4.78, 5) is 3.55. The molecular formula is C7H5BrClF3N2. The van der Waals surface area contributed by atoms with Crippen LogP contribution in [0, 0.1) is 0 Å². The average molecular weight is 289 g/mol. The van der Waals surface area contributed by atoms with E-state index in [0.29, 0.717) is 0 Å². The largest absolute Gasteiger partial charge is 0.407 e. The molecule has 14 heavy (non-hydrogen) atoms. The van der Waals surface area contributed by atoms with Gasteiger partial charge in [-0.1, -0.05) is 11.6 Å². The second-order valence-corrected chi connectivity index (χ2v) is 3.77. The standard InChI is InChI=1S/C7H5BrClF3N2/c8-4-1-3(2-14-6(4)9)5(13)7(10,11)12/h1-2,5H,13H2/t5-/m1/s1. The van der Waals surface area contributed by atoms with E-state index in [9.17, 15) is 13.2 Å². The lowest BCUT2D eigenvalue weighted by Gasteiger charge is -2.15. The van der Waals surface area contributed by atoms with E-state index in [4.69, 9.17) is 17.3 Å². The highest BCUT2D eigenvalue weighted by atomic mass is 79.9. The van der Waals surface area contributed by atoms with Crippen molar-refractivity contribution in [2.45, 2.75) is 12.2 Å². The molecule has 7 heteroatoms. The Bertz CT molecular complexity index is 342. The fourth-order valence-electron chi connectivity index (χ4n) is 0.795. The number of hydrogen-bond acceptors (Lipinski definition) is 2. The van der Waals surface area contributed by atoms with Crippen molar-refractivity contribution >= 4 is 27.5 Å². The van der Waals surface area contributed by atoms with Crippen LogP contribution >= 0.6 is 27.5 Å². The van der Waals surface area contributed by atoms with Gasteiger partial charge in [0.2, 0.25) is 0 Å². The van der Waals surface area contributed by atoms with Crippen molar-refractivity contribution < 1.29 is 13.2 Å². The lowest BCUT2D eigenvalue weighted by molar-refractivity contribution is -0.149. The van der Waals surface area contributed by atoms with Gasteiger partial charge in [-0.05, 0) is 27.6 Å². The molecular weight excluding hydrogens is 284 g/mol. The zero-order chi connectivity index (χ0) is 10.9. The Hall–Kier alpha value is -0.330. The van der Waals surface area contributed by atoms with Gasteiger partial charge in [0.25, 0.3) is 0 Å². The van der Waals surface area contributed by atoms with E-state index in [1.807, 2.05) is 0 Å². The maximum absolute atomic E-state index is 12.2. The quantitative estimate of drug-likeness (QED) is 0.807. The van der Waals surface area contributed by atoms with Crippen LogP contribution in [-0.2, 0) is 0 Å². The Morgan fingerprint density at radius 1 is 1.50 bits per heavy atom. The Morgan fingerprint density at radius 3 is 2.50 bits per heavy atom. The molecule has 0 amide bonds. The lowest BCUT2D eigenvalue weighted by atomic mass is 10.1. The van der Waals surface area contributed by atoms with E-state index in [0.717, 1.165) is 6.20 Å². The first-order valence-electron chi connectivity index (χ1n) is 3.45. The number of alkyl halides is 3. The van der Waals surface area contributed by atoms with Crippen LogP contribution in [0.3, 0.4) is 0 Å². The van der Waals surface area contributed by atoms with Crippen LogP contribution < -0.4 is 5.73 Å². The van der Waals surface area contributed by atoms with Crippen molar-refractivity contribution in [3.8, 4) is 0 Å². The summed E-state index contributed by atoms with van der Waals surface area (Å²) in [5, 5.41) is 0.100. The molecule has 0 radical (unpaired) electrons. The zero-order valence-electron chi connectivity index (χ0n) is 6.65. The van der Waals surface area contributed by atoms with Crippen LogP contribution in [0.15, 0.2) is 16.7 Å². The summed E-state index contributed by atoms with van der Waals surface area (Å²) in [7, 11) is 0. The highest BCUT2D eigenvalue weighted by Crippen LogP contribution is 2.32. The molecule has 1 rings (SSSR count). The minimum atomic E-state index is -4.48. The first-order valence-corrected chi connectivity index (χ1v) is 4.62. The van der Waals surface area contributed by atoms with Gasteiger partial charge in [-0.3, -0.25) is 0 Å². The van der Waals surface area contributed by atoms with Crippen molar-refractivity contribution in [2.24, 2.45) is 5.73 Å². The summed E-state index contributed by atoms with van der Waals surface area (Å²) in [6.45, 7) is 0. The molecule has 0 spiro atoms. The molecule has 1 aromatic rings. The summed E-state index contributed by atoms with van der Waals surface area (Å²) >= 11 is 8.48. The smallest absolute Gasteiger partial charge is 0.316 e. The van der Waals surface area contributed by atoms with E-state index in [-0.39, 0.29) is 15.2 Å². The summed E-state index contributed by atoms with van der Waals surface area (Å²) in [5.41, 5.74) is 4.83. The summed E-state index contributed by atoms with van der Waals surface area (Å²) in [6, 6.07) is -0.836. The number of aromatic nitrogens is 1. The topological polar surface area (TPSA) is 38.9 Å². The molecule has 1 aromatic heterocycles. The predicted molar refractivity (Wildman–Crippen MR) is 49.9 cm³/mol. The molecule has 1 atom stereocenters. The molecule has 0 fully saturated rings. The van der Waals surface area contributed by atoms with Gasteiger partial charge >= 0.3 is 6.18 Å². The number of halogens is 5. The van der Waals surface area contributed by atoms with Crippen LogP contribution in [0.2, 0.25) is 5.15 Å². The minimum Gasteiger partial charge on any atom is -0.316 e. The number of nitrogens with two attached hydrogens (primary N) is 1. The number of pyridine rings is 1. The predicted octanol–water partition coefficient (Wildman–Crippen LogP) is 3.06. The molecule has 0 saturated carbocycles. The van der Waals surface area contributed by atoms with Crippen LogP contribution in [0.4, 0.5) is 13.2 Å². The first kappa shape index (κ1) is 11.7. The molecule has 0 aliphatic carbocycles. The highest BCUT2D eigenvalue weighted by molar-refractivity contribution is 9.10. The minimum absolute atomic E-state index is 0.100. The van der Waals surface area contributed by atoms with Gasteiger partial charge in [-0.15, -0.1) is 0 Å². The molecule has 0 saturated heterocycles. The summed E-state index contributed by atoms with van der Waals surface area (Å²) in [6.07, 6.45) is -3.47. The normalized spacial score (nSPS) is 14.1. The third-order valence-electron chi connectivity index (χ3n) is 1.53. The van der Waals surface area contributed by atoms with Gasteiger partial charge in [-0.2, -0.15) is 13.2 Å². The van der Waals surface area contributed by atoms with Gasteiger partial charge in [0.05, 0.1) is 4.47 Å². The fraction of sp³-hybridized carbons (Fsp3) is 0.286. The monoisotopic (exact) mass is 288 g/mol. The van der Waals surface area contributed by atoms with E-state index >= 15 is 0 Å². The second kappa shape index (κ2) is 4.04.